The Morgan fingerprint density at radius 1 is 0.805 bits per heavy atom. The molecule has 0 saturated heterocycles. The molecule has 0 aliphatic carbocycles. The molecule has 1 aromatic heterocycles. The summed E-state index contributed by atoms with van der Waals surface area (Å²) in [6.07, 6.45) is 3.51. The van der Waals surface area contributed by atoms with Crippen molar-refractivity contribution in [3.8, 4) is 11.1 Å². The molecule has 0 bridgehead atoms. The first-order valence-corrected chi connectivity index (χ1v) is 13.7. The number of nitrogens with zero attached hydrogens (tertiary/aromatic N) is 1. The fourth-order valence-electron chi connectivity index (χ4n) is 5.16. The van der Waals surface area contributed by atoms with Gasteiger partial charge in [-0.25, -0.2) is 8.78 Å². The van der Waals surface area contributed by atoms with Crippen LogP contribution in [0.5, 0.6) is 0 Å². The molecular formula is C34H31F2N3O2. The van der Waals surface area contributed by atoms with E-state index in [9.17, 15) is 18.4 Å². The Morgan fingerprint density at radius 2 is 1.44 bits per heavy atom. The number of nitrogens with one attached hydrogen (secondary N) is 2. The second-order valence-electron chi connectivity index (χ2n) is 9.95. The number of rotatable bonds is 10. The molecule has 0 aliphatic rings. The zero-order chi connectivity index (χ0) is 28.8. The number of amides is 2. The first kappa shape index (κ1) is 27.8. The van der Waals surface area contributed by atoms with Crippen molar-refractivity contribution in [1.29, 1.82) is 0 Å². The highest BCUT2D eigenvalue weighted by atomic mass is 19.1. The third-order valence-corrected chi connectivity index (χ3v) is 7.10. The lowest BCUT2D eigenvalue weighted by Gasteiger charge is -2.24. The van der Waals surface area contributed by atoms with Gasteiger partial charge in [0, 0.05) is 53.9 Å². The van der Waals surface area contributed by atoms with Crippen molar-refractivity contribution in [1.82, 2.24) is 15.2 Å². The lowest BCUT2D eigenvalue weighted by Crippen LogP contribution is -2.34. The van der Waals surface area contributed by atoms with Crippen LogP contribution in [-0.2, 0) is 13.0 Å². The molecule has 5 rings (SSSR count). The van der Waals surface area contributed by atoms with Crippen LogP contribution in [0.3, 0.4) is 0 Å². The van der Waals surface area contributed by atoms with Gasteiger partial charge in [-0.3, -0.25) is 9.59 Å². The Labute approximate surface area is 237 Å². The minimum atomic E-state index is -0.705. The van der Waals surface area contributed by atoms with E-state index in [1.54, 1.807) is 24.3 Å². The summed E-state index contributed by atoms with van der Waals surface area (Å²) in [5.41, 5.74) is 4.66. The van der Waals surface area contributed by atoms with Crippen molar-refractivity contribution in [2.24, 2.45) is 0 Å². The van der Waals surface area contributed by atoms with Gasteiger partial charge in [0.05, 0.1) is 0 Å². The van der Waals surface area contributed by atoms with E-state index < -0.39 is 17.5 Å². The van der Waals surface area contributed by atoms with Gasteiger partial charge >= 0.3 is 0 Å². The van der Waals surface area contributed by atoms with E-state index in [2.05, 4.69) is 16.4 Å². The number of carbonyl (C=O) groups is 2. The van der Waals surface area contributed by atoms with E-state index in [4.69, 9.17) is 0 Å². The molecule has 2 amide bonds. The van der Waals surface area contributed by atoms with Gasteiger partial charge in [-0.1, -0.05) is 61.5 Å². The van der Waals surface area contributed by atoms with Gasteiger partial charge in [0.1, 0.15) is 11.6 Å². The summed E-state index contributed by atoms with van der Waals surface area (Å²) < 4.78 is 27.2. The van der Waals surface area contributed by atoms with Crippen LogP contribution < -0.4 is 5.32 Å². The van der Waals surface area contributed by atoms with Gasteiger partial charge < -0.3 is 15.2 Å². The summed E-state index contributed by atoms with van der Waals surface area (Å²) in [7, 11) is 0. The predicted octanol–water partition coefficient (Wildman–Crippen LogP) is 7.14. The molecule has 2 N–H and O–H groups in total. The summed E-state index contributed by atoms with van der Waals surface area (Å²) >= 11 is 0. The Morgan fingerprint density at radius 3 is 2.17 bits per heavy atom. The fourth-order valence-corrected chi connectivity index (χ4v) is 5.16. The van der Waals surface area contributed by atoms with Gasteiger partial charge in [-0.2, -0.15) is 0 Å². The lowest BCUT2D eigenvalue weighted by atomic mass is 9.94. The second-order valence-corrected chi connectivity index (χ2v) is 9.95. The highest BCUT2D eigenvalue weighted by Crippen LogP contribution is 2.29. The summed E-state index contributed by atoms with van der Waals surface area (Å²) in [5, 5.41) is 3.90. The quantitative estimate of drug-likeness (QED) is 0.194. The third kappa shape index (κ3) is 6.35. The van der Waals surface area contributed by atoms with E-state index in [-0.39, 0.29) is 12.5 Å². The smallest absolute Gasteiger partial charge is 0.254 e. The van der Waals surface area contributed by atoms with E-state index in [1.165, 1.54) is 12.1 Å². The molecule has 7 heteroatoms. The number of fused-ring (bicyclic) bond motifs is 1. The van der Waals surface area contributed by atoms with Crippen molar-refractivity contribution < 1.29 is 18.4 Å². The predicted molar refractivity (Wildman–Crippen MR) is 158 cm³/mol. The molecule has 208 valence electrons. The number of hydrogen-bond acceptors (Lipinski definition) is 2. The summed E-state index contributed by atoms with van der Waals surface area (Å²) in [5.74, 6) is -1.92. The molecule has 5 nitrogen and oxygen atoms in total. The number of halogens is 2. The van der Waals surface area contributed by atoms with Gasteiger partial charge in [0.2, 0.25) is 0 Å². The molecule has 0 atom stereocenters. The molecule has 4 aromatic carbocycles. The van der Waals surface area contributed by atoms with E-state index in [0.29, 0.717) is 47.3 Å². The van der Waals surface area contributed by atoms with Gasteiger partial charge in [0.25, 0.3) is 11.8 Å². The topological polar surface area (TPSA) is 65.2 Å². The van der Waals surface area contributed by atoms with Crippen molar-refractivity contribution in [2.75, 3.05) is 13.1 Å². The average molecular weight is 552 g/mol. The van der Waals surface area contributed by atoms with Gasteiger partial charge in [0.15, 0.2) is 0 Å². The largest absolute Gasteiger partial charge is 0.361 e. The maximum Gasteiger partial charge on any atom is 0.254 e. The van der Waals surface area contributed by atoms with Crippen LogP contribution in [0.2, 0.25) is 0 Å². The third-order valence-electron chi connectivity index (χ3n) is 7.10. The molecule has 5 aromatic rings. The molecule has 0 radical (unpaired) electrons. The van der Waals surface area contributed by atoms with Gasteiger partial charge in [-0.05, 0) is 65.4 Å². The molecule has 0 fully saturated rings. The van der Waals surface area contributed by atoms with Crippen LogP contribution >= 0.6 is 0 Å². The van der Waals surface area contributed by atoms with E-state index in [0.717, 1.165) is 29.0 Å². The molecule has 0 unspecified atom stereocenters. The van der Waals surface area contributed by atoms with Gasteiger partial charge in [-0.15, -0.1) is 0 Å². The summed E-state index contributed by atoms with van der Waals surface area (Å²) in [6, 6.07) is 25.6. The van der Waals surface area contributed by atoms with Crippen molar-refractivity contribution in [3.05, 3.63) is 131 Å². The molecule has 41 heavy (non-hydrogen) atoms. The average Bonchev–Trinajstić information content (AvgIpc) is 3.40. The first-order valence-electron chi connectivity index (χ1n) is 13.7. The normalized spacial score (nSPS) is 11.0. The monoisotopic (exact) mass is 551 g/mol. The fraction of sp³-hybridized carbons (Fsp3) is 0.176. The van der Waals surface area contributed by atoms with E-state index >= 15 is 0 Å². The molecule has 0 saturated carbocycles. The maximum atomic E-state index is 14.0. The Hall–Kier alpha value is -4.78. The van der Waals surface area contributed by atoms with Crippen molar-refractivity contribution >= 4 is 22.7 Å². The highest BCUT2D eigenvalue weighted by Gasteiger charge is 2.22. The van der Waals surface area contributed by atoms with E-state index in [1.807, 2.05) is 60.5 Å². The van der Waals surface area contributed by atoms with Crippen molar-refractivity contribution in [2.45, 2.75) is 26.3 Å². The standard InChI is InChI=1S/C34H31F2N3O2/c1-2-16-39(17-15-24-22-37-32-14-8-7-9-27(24)32)34(41)31-13-6-4-11-29(31)28-10-3-5-12-30(28)33(40)38-21-23-18-25(35)20-26(36)19-23/h3-14,18-20,22,37H,2,15-17,21H2,1H3,(H,38,40). The number of H-pyrrole nitrogens is 1. The highest BCUT2D eigenvalue weighted by molar-refractivity contribution is 6.06. The molecule has 1 heterocycles. The SMILES string of the molecule is CCCN(CCc1c[nH]c2ccccc12)C(=O)c1ccccc1-c1ccccc1C(=O)NCc1cc(F)cc(F)c1. The number of aromatic amines is 1. The Balaban J connectivity index is 1.39. The van der Waals surface area contributed by atoms with Crippen LogP contribution in [0, 0.1) is 11.6 Å². The minimum absolute atomic E-state index is 0.0411. The molecular weight excluding hydrogens is 520 g/mol. The van der Waals surface area contributed by atoms with Crippen LogP contribution in [-0.4, -0.2) is 34.8 Å². The van der Waals surface area contributed by atoms with Crippen LogP contribution in [0.25, 0.3) is 22.0 Å². The number of benzene rings is 4. The van der Waals surface area contributed by atoms with Crippen LogP contribution in [0.4, 0.5) is 8.78 Å². The van der Waals surface area contributed by atoms with Crippen LogP contribution in [0.1, 0.15) is 45.2 Å². The zero-order valence-corrected chi connectivity index (χ0v) is 22.8. The summed E-state index contributed by atoms with van der Waals surface area (Å²) in [4.78, 5) is 32.4. The number of hydrogen-bond donors (Lipinski definition) is 2. The number of para-hydroxylation sites is 1. The minimum Gasteiger partial charge on any atom is -0.361 e. The first-order chi connectivity index (χ1) is 19.9. The Kier molecular flexibility index (Phi) is 8.53. The van der Waals surface area contributed by atoms with Crippen molar-refractivity contribution in [3.63, 3.8) is 0 Å². The summed E-state index contributed by atoms with van der Waals surface area (Å²) in [6.45, 7) is 3.15. The second kappa shape index (κ2) is 12.6. The maximum absolute atomic E-state index is 14.0. The lowest BCUT2D eigenvalue weighted by molar-refractivity contribution is 0.0757. The Bertz CT molecular complexity index is 1670. The molecule has 0 aliphatic heterocycles. The number of carbonyl (C=O) groups excluding carboxylic acids is 2. The van der Waals surface area contributed by atoms with Crippen LogP contribution in [0.15, 0.2) is 97.2 Å². The zero-order valence-electron chi connectivity index (χ0n) is 22.8. The molecule has 0 spiro atoms. The number of aromatic nitrogens is 1.